The Kier molecular flexibility index (Phi) is 5.02. The molecule has 2 heterocycles. The maximum absolute atomic E-state index is 12.6. The molecule has 23 heavy (non-hydrogen) atoms. The summed E-state index contributed by atoms with van der Waals surface area (Å²) in [6, 6.07) is -0.163. The van der Waals surface area contributed by atoms with Crippen LogP contribution in [-0.2, 0) is 22.4 Å². The van der Waals surface area contributed by atoms with Crippen LogP contribution in [0.25, 0.3) is 0 Å². The van der Waals surface area contributed by atoms with Crippen LogP contribution in [0, 0.1) is 0 Å². The van der Waals surface area contributed by atoms with E-state index in [2.05, 4.69) is 10.2 Å². The molecule has 0 bridgehead atoms. The van der Waals surface area contributed by atoms with Crippen LogP contribution in [0.5, 0.6) is 0 Å². The number of esters is 1. The number of hydrogen-bond acceptors (Lipinski definition) is 5. The molecule has 126 valence electrons. The maximum Gasteiger partial charge on any atom is 0.341 e. The SMILES string of the molecule is CCOC(=O)c1c(NC(=O)C(C)N2CCCC2)sc2c1CCC2. The fourth-order valence-corrected chi connectivity index (χ4v) is 4.70. The number of amides is 1. The average Bonchev–Trinajstić information content (AvgIpc) is 3.23. The van der Waals surface area contributed by atoms with Crippen molar-refractivity contribution >= 4 is 28.2 Å². The van der Waals surface area contributed by atoms with Crippen molar-refractivity contribution in [2.75, 3.05) is 25.0 Å². The molecule has 1 unspecified atom stereocenters. The van der Waals surface area contributed by atoms with Crippen LogP contribution >= 0.6 is 11.3 Å². The van der Waals surface area contributed by atoms with Crippen LogP contribution in [0.2, 0.25) is 0 Å². The summed E-state index contributed by atoms with van der Waals surface area (Å²) in [5.74, 6) is -0.339. The van der Waals surface area contributed by atoms with E-state index in [1.54, 1.807) is 6.92 Å². The summed E-state index contributed by atoms with van der Waals surface area (Å²) < 4.78 is 5.20. The summed E-state index contributed by atoms with van der Waals surface area (Å²) in [5.41, 5.74) is 1.67. The molecule has 0 saturated carbocycles. The predicted octanol–water partition coefficient (Wildman–Crippen LogP) is 2.84. The molecule has 5 nitrogen and oxygen atoms in total. The summed E-state index contributed by atoms with van der Waals surface area (Å²) in [5, 5.41) is 3.66. The fraction of sp³-hybridized carbons (Fsp3) is 0.647. The highest BCUT2D eigenvalue weighted by Gasteiger charge is 2.30. The van der Waals surface area contributed by atoms with Gasteiger partial charge in [0.1, 0.15) is 5.00 Å². The summed E-state index contributed by atoms with van der Waals surface area (Å²) in [4.78, 5) is 28.3. The molecule has 1 aliphatic heterocycles. The van der Waals surface area contributed by atoms with Gasteiger partial charge in [-0.05, 0) is 64.6 Å². The van der Waals surface area contributed by atoms with E-state index in [0.717, 1.165) is 50.8 Å². The first-order valence-electron chi connectivity index (χ1n) is 8.48. The van der Waals surface area contributed by atoms with Crippen molar-refractivity contribution < 1.29 is 14.3 Å². The first kappa shape index (κ1) is 16.5. The number of nitrogens with one attached hydrogen (secondary N) is 1. The molecule has 6 heteroatoms. The second kappa shape index (κ2) is 7.01. The van der Waals surface area contributed by atoms with Crippen LogP contribution < -0.4 is 5.32 Å². The summed E-state index contributed by atoms with van der Waals surface area (Å²) in [6.07, 6.45) is 5.27. The lowest BCUT2D eigenvalue weighted by Gasteiger charge is -2.22. The normalized spacial score (nSPS) is 18.7. The minimum Gasteiger partial charge on any atom is -0.462 e. The molecule has 0 spiro atoms. The molecule has 1 atom stereocenters. The summed E-state index contributed by atoms with van der Waals surface area (Å²) >= 11 is 1.54. The highest BCUT2D eigenvalue weighted by atomic mass is 32.1. The maximum atomic E-state index is 12.6. The summed E-state index contributed by atoms with van der Waals surface area (Å²) in [7, 11) is 0. The number of likely N-dealkylation sites (tertiary alicyclic amines) is 1. The van der Waals surface area contributed by atoms with Gasteiger partial charge in [0.15, 0.2) is 0 Å². The largest absolute Gasteiger partial charge is 0.462 e. The Morgan fingerprint density at radius 3 is 2.70 bits per heavy atom. The molecule has 0 radical (unpaired) electrons. The van der Waals surface area contributed by atoms with E-state index in [4.69, 9.17) is 4.74 Å². The van der Waals surface area contributed by atoms with E-state index in [-0.39, 0.29) is 17.9 Å². The molecule has 1 saturated heterocycles. The standard InChI is InChI=1S/C17H24N2O3S/c1-3-22-17(21)14-12-7-6-8-13(12)23-16(14)18-15(20)11(2)19-9-4-5-10-19/h11H,3-10H2,1-2H3,(H,18,20). The topological polar surface area (TPSA) is 58.6 Å². The Hall–Kier alpha value is -1.40. The molecule has 1 fully saturated rings. The number of thiophene rings is 1. The van der Waals surface area contributed by atoms with Gasteiger partial charge in [-0.1, -0.05) is 0 Å². The zero-order chi connectivity index (χ0) is 16.4. The lowest BCUT2D eigenvalue weighted by molar-refractivity contribution is -0.120. The van der Waals surface area contributed by atoms with Gasteiger partial charge in [-0.2, -0.15) is 0 Å². The average molecular weight is 336 g/mol. The minimum atomic E-state index is -0.309. The van der Waals surface area contributed by atoms with Gasteiger partial charge in [-0.25, -0.2) is 4.79 Å². The van der Waals surface area contributed by atoms with E-state index in [1.165, 1.54) is 16.2 Å². The number of rotatable bonds is 5. The van der Waals surface area contributed by atoms with Gasteiger partial charge in [0, 0.05) is 4.88 Å². The Balaban J connectivity index is 1.79. The molecule has 1 aliphatic carbocycles. The van der Waals surface area contributed by atoms with E-state index in [1.807, 2.05) is 6.92 Å². The van der Waals surface area contributed by atoms with Crippen molar-refractivity contribution in [1.82, 2.24) is 4.90 Å². The van der Waals surface area contributed by atoms with Crippen molar-refractivity contribution in [1.29, 1.82) is 0 Å². The van der Waals surface area contributed by atoms with Crippen molar-refractivity contribution in [3.05, 3.63) is 16.0 Å². The smallest absolute Gasteiger partial charge is 0.341 e. The Labute approximate surface area is 141 Å². The summed E-state index contributed by atoms with van der Waals surface area (Å²) in [6.45, 7) is 6.03. The van der Waals surface area contributed by atoms with E-state index >= 15 is 0 Å². The fourth-order valence-electron chi connectivity index (χ4n) is 3.42. The molecule has 1 N–H and O–H groups in total. The number of ether oxygens (including phenoxy) is 1. The van der Waals surface area contributed by atoms with Gasteiger partial charge in [-0.15, -0.1) is 11.3 Å². The highest BCUT2D eigenvalue weighted by Crippen LogP contribution is 2.39. The number of carbonyl (C=O) groups is 2. The van der Waals surface area contributed by atoms with Crippen molar-refractivity contribution in [2.45, 2.75) is 52.0 Å². The zero-order valence-corrected chi connectivity index (χ0v) is 14.6. The Bertz CT molecular complexity index is 605. The van der Waals surface area contributed by atoms with Gasteiger partial charge >= 0.3 is 5.97 Å². The molecule has 2 aliphatic rings. The third-order valence-corrected chi connectivity index (χ3v) is 5.91. The number of anilines is 1. The Morgan fingerprint density at radius 1 is 1.26 bits per heavy atom. The number of hydrogen-bond donors (Lipinski definition) is 1. The molecule has 3 rings (SSSR count). The van der Waals surface area contributed by atoms with Gasteiger partial charge in [-0.3, -0.25) is 9.69 Å². The minimum absolute atomic E-state index is 0.0302. The number of nitrogens with zero attached hydrogens (tertiary/aromatic N) is 1. The zero-order valence-electron chi connectivity index (χ0n) is 13.8. The van der Waals surface area contributed by atoms with Crippen LogP contribution in [0.3, 0.4) is 0 Å². The van der Waals surface area contributed by atoms with Crippen molar-refractivity contribution in [2.24, 2.45) is 0 Å². The van der Waals surface area contributed by atoms with Gasteiger partial charge in [0.25, 0.3) is 0 Å². The first-order valence-corrected chi connectivity index (χ1v) is 9.30. The Morgan fingerprint density at radius 2 is 2.00 bits per heavy atom. The van der Waals surface area contributed by atoms with Gasteiger partial charge < -0.3 is 10.1 Å². The second-order valence-corrected chi connectivity index (χ2v) is 7.30. The third-order valence-electron chi connectivity index (χ3n) is 4.71. The van der Waals surface area contributed by atoms with Gasteiger partial charge in [0.05, 0.1) is 18.2 Å². The first-order chi connectivity index (χ1) is 11.1. The van der Waals surface area contributed by atoms with Crippen LogP contribution in [0.4, 0.5) is 5.00 Å². The second-order valence-electron chi connectivity index (χ2n) is 6.19. The number of aryl methyl sites for hydroxylation is 1. The molecule has 1 amide bonds. The molecule has 1 aromatic rings. The third kappa shape index (κ3) is 3.28. The molecule has 1 aromatic heterocycles. The van der Waals surface area contributed by atoms with E-state index < -0.39 is 0 Å². The lowest BCUT2D eigenvalue weighted by atomic mass is 10.1. The predicted molar refractivity (Wildman–Crippen MR) is 91.2 cm³/mol. The van der Waals surface area contributed by atoms with E-state index in [0.29, 0.717) is 17.2 Å². The van der Waals surface area contributed by atoms with Gasteiger partial charge in [0.2, 0.25) is 5.91 Å². The molecule has 0 aromatic carbocycles. The van der Waals surface area contributed by atoms with Crippen molar-refractivity contribution in [3.8, 4) is 0 Å². The van der Waals surface area contributed by atoms with Crippen LogP contribution in [-0.4, -0.2) is 42.5 Å². The number of fused-ring (bicyclic) bond motifs is 1. The quantitative estimate of drug-likeness (QED) is 0.840. The molecular weight excluding hydrogens is 312 g/mol. The lowest BCUT2D eigenvalue weighted by Crippen LogP contribution is -2.40. The number of carbonyl (C=O) groups excluding carboxylic acids is 2. The van der Waals surface area contributed by atoms with E-state index in [9.17, 15) is 9.59 Å². The molecular formula is C17H24N2O3S. The van der Waals surface area contributed by atoms with Crippen molar-refractivity contribution in [3.63, 3.8) is 0 Å². The van der Waals surface area contributed by atoms with Crippen LogP contribution in [0.15, 0.2) is 0 Å². The highest BCUT2D eigenvalue weighted by molar-refractivity contribution is 7.17. The monoisotopic (exact) mass is 336 g/mol. The van der Waals surface area contributed by atoms with Crippen LogP contribution in [0.1, 0.15) is 53.9 Å².